The number of hydrogen-bond donors (Lipinski definition) is 1. The van der Waals surface area contributed by atoms with Crippen molar-refractivity contribution in [3.8, 4) is 0 Å². The van der Waals surface area contributed by atoms with E-state index in [9.17, 15) is 4.79 Å². The lowest BCUT2D eigenvalue weighted by molar-refractivity contribution is -0.120. The van der Waals surface area contributed by atoms with E-state index in [1.54, 1.807) is 0 Å². The summed E-state index contributed by atoms with van der Waals surface area (Å²) in [5.41, 5.74) is 1.06. The molecule has 0 saturated heterocycles. The fraction of sp³-hybridized carbons (Fsp3) is 0.300. The summed E-state index contributed by atoms with van der Waals surface area (Å²) in [5.74, 6) is 0.0999. The lowest BCUT2D eigenvalue weighted by Crippen LogP contribution is -2.26. The van der Waals surface area contributed by atoms with E-state index in [-0.39, 0.29) is 5.91 Å². The molecule has 1 aromatic rings. The second-order valence-corrected chi connectivity index (χ2v) is 3.78. The van der Waals surface area contributed by atoms with Crippen LogP contribution in [0, 0.1) is 0 Å². The Hall–Kier alpha value is -0.580. The summed E-state index contributed by atoms with van der Waals surface area (Å²) in [5, 5.41) is 2.83. The van der Waals surface area contributed by atoms with E-state index in [0.29, 0.717) is 6.42 Å². The number of halogens is 1. The van der Waals surface area contributed by atoms with Crippen LogP contribution >= 0.6 is 22.6 Å². The average molecular weight is 289 g/mol. The van der Waals surface area contributed by atoms with Crippen molar-refractivity contribution in [2.75, 3.05) is 11.0 Å². The Morgan fingerprint density at radius 3 is 2.62 bits per heavy atom. The molecule has 1 rings (SSSR count). The summed E-state index contributed by atoms with van der Waals surface area (Å²) in [4.78, 5) is 11.3. The van der Waals surface area contributed by atoms with Gasteiger partial charge in [0.25, 0.3) is 0 Å². The lowest BCUT2D eigenvalue weighted by Gasteiger charge is -2.02. The molecule has 0 heterocycles. The minimum atomic E-state index is 0.0999. The Balaban J connectivity index is 2.37. The van der Waals surface area contributed by atoms with E-state index in [4.69, 9.17) is 0 Å². The van der Waals surface area contributed by atoms with Gasteiger partial charge in [0.2, 0.25) is 5.91 Å². The van der Waals surface area contributed by atoms with Gasteiger partial charge in [-0.15, -0.1) is 0 Å². The second-order valence-electron chi connectivity index (χ2n) is 2.70. The second kappa shape index (κ2) is 5.96. The first-order valence-electron chi connectivity index (χ1n) is 4.19. The van der Waals surface area contributed by atoms with Crippen LogP contribution in [0.5, 0.6) is 0 Å². The van der Waals surface area contributed by atoms with Crippen LogP contribution in [0.2, 0.25) is 0 Å². The number of alkyl halides is 1. The molecular formula is C10H12INO. The van der Waals surface area contributed by atoms with Crippen molar-refractivity contribution in [3.05, 3.63) is 35.9 Å². The van der Waals surface area contributed by atoms with Gasteiger partial charge in [-0.25, -0.2) is 0 Å². The van der Waals surface area contributed by atoms with Crippen molar-refractivity contribution >= 4 is 28.5 Å². The molecule has 70 valence electrons. The maximum atomic E-state index is 11.3. The molecule has 0 bridgehead atoms. The van der Waals surface area contributed by atoms with Gasteiger partial charge in [-0.05, 0) is 5.56 Å². The van der Waals surface area contributed by atoms with E-state index < -0.39 is 0 Å². The summed E-state index contributed by atoms with van der Waals surface area (Å²) in [7, 11) is 0. The van der Waals surface area contributed by atoms with Crippen LogP contribution in [0.4, 0.5) is 0 Å². The maximum Gasteiger partial charge on any atom is 0.224 e. The van der Waals surface area contributed by atoms with Crippen LogP contribution in [0.15, 0.2) is 30.3 Å². The smallest absolute Gasteiger partial charge is 0.224 e. The van der Waals surface area contributed by atoms with Crippen molar-refractivity contribution in [1.29, 1.82) is 0 Å². The number of amides is 1. The third kappa shape index (κ3) is 4.26. The average Bonchev–Trinajstić information content (AvgIpc) is 2.16. The van der Waals surface area contributed by atoms with Crippen LogP contribution in [0.3, 0.4) is 0 Å². The highest BCUT2D eigenvalue weighted by molar-refractivity contribution is 14.1. The Morgan fingerprint density at radius 2 is 2.00 bits per heavy atom. The zero-order valence-electron chi connectivity index (χ0n) is 7.29. The zero-order chi connectivity index (χ0) is 9.52. The molecule has 0 radical (unpaired) electrons. The number of rotatable bonds is 4. The summed E-state index contributed by atoms with van der Waals surface area (Å²) >= 11 is 2.24. The number of hydrogen-bond acceptors (Lipinski definition) is 1. The first-order chi connectivity index (χ1) is 6.33. The van der Waals surface area contributed by atoms with Gasteiger partial charge in [-0.3, -0.25) is 4.79 Å². The number of nitrogens with one attached hydrogen (secondary N) is 1. The molecule has 0 aliphatic rings. The summed E-state index contributed by atoms with van der Waals surface area (Å²) in [6, 6.07) is 9.77. The highest BCUT2D eigenvalue weighted by atomic mass is 127. The quantitative estimate of drug-likeness (QED) is 0.664. The highest BCUT2D eigenvalue weighted by Crippen LogP contribution is 1.98. The third-order valence-electron chi connectivity index (χ3n) is 1.62. The number of benzene rings is 1. The van der Waals surface area contributed by atoms with Gasteiger partial charge in [0.05, 0.1) is 6.42 Å². The van der Waals surface area contributed by atoms with Gasteiger partial charge in [0.1, 0.15) is 0 Å². The predicted octanol–water partition coefficient (Wildman–Crippen LogP) is 1.78. The first-order valence-corrected chi connectivity index (χ1v) is 5.72. The number of carbonyl (C=O) groups is 1. The van der Waals surface area contributed by atoms with Gasteiger partial charge in [-0.2, -0.15) is 0 Å². The van der Waals surface area contributed by atoms with Gasteiger partial charge in [-0.1, -0.05) is 52.9 Å². The molecule has 0 saturated carbocycles. The molecule has 0 aliphatic heterocycles. The van der Waals surface area contributed by atoms with Crippen LogP contribution in [0.25, 0.3) is 0 Å². The molecule has 0 atom stereocenters. The molecule has 3 heteroatoms. The zero-order valence-corrected chi connectivity index (χ0v) is 9.45. The van der Waals surface area contributed by atoms with Crippen LogP contribution < -0.4 is 5.32 Å². The molecule has 13 heavy (non-hydrogen) atoms. The SMILES string of the molecule is O=C(Cc1ccccc1)NCCI. The molecule has 2 nitrogen and oxygen atoms in total. The Kier molecular flexibility index (Phi) is 4.82. The monoisotopic (exact) mass is 289 g/mol. The van der Waals surface area contributed by atoms with E-state index in [2.05, 4.69) is 27.9 Å². The van der Waals surface area contributed by atoms with Crippen molar-refractivity contribution in [2.24, 2.45) is 0 Å². The molecular weight excluding hydrogens is 277 g/mol. The number of carbonyl (C=O) groups excluding carboxylic acids is 1. The molecule has 1 amide bonds. The van der Waals surface area contributed by atoms with E-state index >= 15 is 0 Å². The topological polar surface area (TPSA) is 29.1 Å². The van der Waals surface area contributed by atoms with Gasteiger partial charge >= 0.3 is 0 Å². The van der Waals surface area contributed by atoms with E-state index in [1.807, 2.05) is 30.3 Å². The Morgan fingerprint density at radius 1 is 1.31 bits per heavy atom. The van der Waals surface area contributed by atoms with Crippen LogP contribution in [0.1, 0.15) is 5.56 Å². The van der Waals surface area contributed by atoms with Crippen molar-refractivity contribution in [3.63, 3.8) is 0 Å². The Labute approximate surface area is 91.9 Å². The normalized spacial score (nSPS) is 9.62. The molecule has 1 N–H and O–H groups in total. The summed E-state index contributed by atoms with van der Waals surface area (Å²) < 4.78 is 0.957. The van der Waals surface area contributed by atoms with E-state index in [1.165, 1.54) is 0 Å². The van der Waals surface area contributed by atoms with Crippen LogP contribution in [-0.4, -0.2) is 16.9 Å². The predicted molar refractivity (Wildman–Crippen MR) is 62.0 cm³/mol. The van der Waals surface area contributed by atoms with Gasteiger partial charge in [0.15, 0.2) is 0 Å². The summed E-state index contributed by atoms with van der Waals surface area (Å²) in [6.07, 6.45) is 0.484. The summed E-state index contributed by atoms with van der Waals surface area (Å²) in [6.45, 7) is 0.756. The molecule has 0 aromatic heterocycles. The minimum absolute atomic E-state index is 0.0999. The molecule has 0 fully saturated rings. The molecule has 0 aliphatic carbocycles. The minimum Gasteiger partial charge on any atom is -0.355 e. The lowest BCUT2D eigenvalue weighted by atomic mass is 10.1. The molecule has 1 aromatic carbocycles. The standard InChI is InChI=1S/C10H12INO/c11-6-7-12-10(13)8-9-4-2-1-3-5-9/h1-5H,6-8H2,(H,12,13). The van der Waals surface area contributed by atoms with Gasteiger partial charge in [0, 0.05) is 11.0 Å². The van der Waals surface area contributed by atoms with Crippen molar-refractivity contribution < 1.29 is 4.79 Å². The highest BCUT2D eigenvalue weighted by Gasteiger charge is 2.00. The maximum absolute atomic E-state index is 11.3. The largest absolute Gasteiger partial charge is 0.355 e. The fourth-order valence-electron chi connectivity index (χ4n) is 1.03. The third-order valence-corrected chi connectivity index (χ3v) is 2.16. The molecule has 0 unspecified atom stereocenters. The Bertz CT molecular complexity index is 261. The van der Waals surface area contributed by atoms with Crippen molar-refractivity contribution in [1.82, 2.24) is 5.32 Å². The van der Waals surface area contributed by atoms with Crippen molar-refractivity contribution in [2.45, 2.75) is 6.42 Å². The fourth-order valence-corrected chi connectivity index (χ4v) is 1.30. The van der Waals surface area contributed by atoms with Gasteiger partial charge < -0.3 is 5.32 Å². The van der Waals surface area contributed by atoms with Crippen LogP contribution in [-0.2, 0) is 11.2 Å². The van der Waals surface area contributed by atoms with E-state index in [0.717, 1.165) is 16.5 Å². The molecule has 0 spiro atoms. The first kappa shape index (κ1) is 10.5.